The van der Waals surface area contributed by atoms with Crippen LogP contribution in [0.2, 0.25) is 0 Å². The first-order valence-electron chi connectivity index (χ1n) is 10.6. The van der Waals surface area contributed by atoms with E-state index in [1.165, 1.54) is 23.3 Å². The van der Waals surface area contributed by atoms with Crippen LogP contribution in [0.5, 0.6) is 0 Å². The molecule has 2 aromatic heterocycles. The number of hydrogen-bond acceptors (Lipinski definition) is 6. The molecule has 0 amide bonds. The highest BCUT2D eigenvalue weighted by atomic mass is 127. The Kier molecular flexibility index (Phi) is 15.8. The molecule has 0 aliphatic heterocycles. The number of quaternary nitrogens is 2. The minimum Gasteiger partial charge on any atom is -0.545 e. The predicted octanol–water partition coefficient (Wildman–Crippen LogP) is 0.956. The number of aromatic nitrogens is 2. The zero-order valence-electron chi connectivity index (χ0n) is 19.3. The van der Waals surface area contributed by atoms with Gasteiger partial charge in [-0.2, -0.15) is 0 Å². The summed E-state index contributed by atoms with van der Waals surface area (Å²) in [6, 6.07) is 21.0. The van der Waals surface area contributed by atoms with Crippen molar-refractivity contribution in [3.63, 3.8) is 0 Å². The van der Waals surface area contributed by atoms with E-state index in [-0.39, 0.29) is 11.1 Å². The van der Waals surface area contributed by atoms with Gasteiger partial charge in [0.15, 0.2) is 0 Å². The number of nitrogens with zero attached hydrogens (tertiary/aromatic N) is 2. The van der Waals surface area contributed by atoms with Gasteiger partial charge < -0.3 is 31.3 Å². The molecule has 0 spiro atoms. The van der Waals surface area contributed by atoms with Gasteiger partial charge in [-0.15, -0.1) is 0 Å². The largest absolute Gasteiger partial charge is 0.545 e. The third-order valence-electron chi connectivity index (χ3n) is 4.20. The molecule has 0 radical (unpaired) electrons. The van der Waals surface area contributed by atoms with Crippen LogP contribution in [0.3, 0.4) is 0 Å². The second-order valence-electron chi connectivity index (χ2n) is 6.81. The van der Waals surface area contributed by atoms with Crippen molar-refractivity contribution in [2.45, 2.75) is 13.1 Å². The van der Waals surface area contributed by atoms with Gasteiger partial charge in [-0.3, -0.25) is 9.97 Å². The zero-order valence-corrected chi connectivity index (χ0v) is 23.7. The highest BCUT2D eigenvalue weighted by molar-refractivity contribution is 14.1. The molecule has 6 N–H and O–H groups in total. The molecule has 0 fully saturated rings. The molecule has 0 unspecified atom stereocenters. The molecule has 2 aromatic carbocycles. The second-order valence-corrected chi connectivity index (χ2v) is 9.30. The minimum absolute atomic E-state index is 0.229. The summed E-state index contributed by atoms with van der Waals surface area (Å²) in [6.07, 6.45) is 7.11. The number of rotatable bonds is 4. The highest BCUT2D eigenvalue weighted by Gasteiger charge is 1.92. The van der Waals surface area contributed by atoms with E-state index in [9.17, 15) is 19.8 Å². The number of hydrogen-bond donors (Lipinski definition) is 2. The fourth-order valence-corrected chi connectivity index (χ4v) is 3.42. The second kappa shape index (κ2) is 18.3. The lowest BCUT2D eigenvalue weighted by Crippen LogP contribution is -2.47. The number of halogens is 2. The molecule has 10 heteroatoms. The van der Waals surface area contributed by atoms with Gasteiger partial charge >= 0.3 is 0 Å². The van der Waals surface area contributed by atoms with Crippen molar-refractivity contribution in [3.8, 4) is 0 Å². The van der Waals surface area contributed by atoms with Gasteiger partial charge in [0.25, 0.3) is 0 Å². The van der Waals surface area contributed by atoms with Gasteiger partial charge in [0.05, 0.1) is 25.0 Å². The van der Waals surface area contributed by atoms with Crippen molar-refractivity contribution in [1.82, 2.24) is 9.97 Å². The average Bonchev–Trinajstić information content (AvgIpc) is 2.90. The first-order chi connectivity index (χ1) is 17.3. The van der Waals surface area contributed by atoms with Crippen LogP contribution in [-0.2, 0) is 13.1 Å². The van der Waals surface area contributed by atoms with Crippen LogP contribution < -0.4 is 21.7 Å². The summed E-state index contributed by atoms with van der Waals surface area (Å²) in [5, 5.41) is 20.5. The molecule has 0 aliphatic rings. The Hall–Kier alpha value is -2.94. The van der Waals surface area contributed by atoms with Crippen molar-refractivity contribution < 1.29 is 31.3 Å². The lowest BCUT2D eigenvalue weighted by molar-refractivity contribution is -0.386. The van der Waals surface area contributed by atoms with E-state index >= 15 is 0 Å². The number of carboxylic acids is 2. The number of aromatic carboxylic acids is 2. The molecular formula is C26H26I2N4O4. The Morgan fingerprint density at radius 1 is 0.639 bits per heavy atom. The molecule has 0 saturated carbocycles. The SMILES string of the molecule is O=C([O-])c1cccc(I)c1.O=C([O-])c1cccc(I)c1.[NH3+]Cc1ccncc1.[NH3+]Cc1ccncc1. The quantitative estimate of drug-likeness (QED) is 0.300. The van der Waals surface area contributed by atoms with Crippen molar-refractivity contribution >= 4 is 57.1 Å². The summed E-state index contributed by atoms with van der Waals surface area (Å²) in [7, 11) is 0. The lowest BCUT2D eigenvalue weighted by Gasteiger charge is -2.00. The van der Waals surface area contributed by atoms with E-state index < -0.39 is 11.9 Å². The molecule has 36 heavy (non-hydrogen) atoms. The number of carbonyl (C=O) groups excluding carboxylic acids is 2. The fraction of sp³-hybridized carbons (Fsp3) is 0.0769. The summed E-state index contributed by atoms with van der Waals surface area (Å²) in [5.41, 5.74) is 10.4. The number of carboxylic acid groups (broad SMARTS) is 2. The molecule has 4 aromatic rings. The Balaban J connectivity index is 0.000000241. The first-order valence-corrected chi connectivity index (χ1v) is 12.7. The molecule has 0 atom stereocenters. The molecule has 0 aliphatic carbocycles. The van der Waals surface area contributed by atoms with Crippen molar-refractivity contribution in [3.05, 3.63) is 127 Å². The summed E-state index contributed by atoms with van der Waals surface area (Å²) < 4.78 is 1.80. The molecule has 2 heterocycles. The molecule has 0 saturated heterocycles. The summed E-state index contributed by atoms with van der Waals surface area (Å²) in [4.78, 5) is 28.2. The van der Waals surface area contributed by atoms with E-state index in [1.54, 1.807) is 49.1 Å². The Labute approximate surface area is 237 Å². The number of carbonyl (C=O) groups is 2. The maximum atomic E-state index is 10.2. The molecule has 0 bridgehead atoms. The van der Waals surface area contributed by atoms with Gasteiger partial charge in [0.1, 0.15) is 0 Å². The van der Waals surface area contributed by atoms with E-state index in [1.807, 2.05) is 81.6 Å². The molecule has 188 valence electrons. The molecule has 4 rings (SSSR count). The fourth-order valence-electron chi connectivity index (χ4n) is 2.33. The van der Waals surface area contributed by atoms with Crippen LogP contribution in [0.4, 0.5) is 0 Å². The molecular weight excluding hydrogens is 686 g/mol. The maximum Gasteiger partial charge on any atom is 0.0998 e. The van der Waals surface area contributed by atoms with Crippen LogP contribution in [-0.4, -0.2) is 21.9 Å². The minimum atomic E-state index is -1.13. The number of benzene rings is 2. The average molecular weight is 712 g/mol. The lowest BCUT2D eigenvalue weighted by atomic mass is 10.2. The Morgan fingerprint density at radius 2 is 0.972 bits per heavy atom. The number of pyridine rings is 2. The maximum absolute atomic E-state index is 10.2. The highest BCUT2D eigenvalue weighted by Crippen LogP contribution is 2.07. The van der Waals surface area contributed by atoms with E-state index in [0.717, 1.165) is 20.2 Å². The van der Waals surface area contributed by atoms with Crippen LogP contribution in [0.25, 0.3) is 0 Å². The predicted molar refractivity (Wildman–Crippen MR) is 149 cm³/mol. The smallest absolute Gasteiger partial charge is 0.0998 e. The summed E-state index contributed by atoms with van der Waals surface area (Å²) >= 11 is 4.10. The van der Waals surface area contributed by atoms with Gasteiger partial charge in [0, 0.05) is 43.1 Å². The third kappa shape index (κ3) is 13.8. The summed E-state index contributed by atoms with van der Waals surface area (Å²) in [6.45, 7) is 1.70. The van der Waals surface area contributed by atoms with E-state index in [0.29, 0.717) is 0 Å². The van der Waals surface area contributed by atoms with Crippen LogP contribution in [0.1, 0.15) is 31.8 Å². The van der Waals surface area contributed by atoms with Gasteiger partial charge in [-0.05, 0) is 105 Å². The Bertz CT molecular complexity index is 1100. The van der Waals surface area contributed by atoms with Crippen LogP contribution in [0, 0.1) is 7.14 Å². The monoisotopic (exact) mass is 712 g/mol. The first kappa shape index (κ1) is 31.1. The van der Waals surface area contributed by atoms with Crippen molar-refractivity contribution in [2.24, 2.45) is 0 Å². The van der Waals surface area contributed by atoms with E-state index in [2.05, 4.69) is 21.4 Å². The summed E-state index contributed by atoms with van der Waals surface area (Å²) in [5.74, 6) is -2.25. The normalized spacial score (nSPS) is 9.22. The topological polar surface area (TPSA) is 161 Å². The standard InChI is InChI=1S/2C7H5IO2.2C6H8N2/c2*8-6-3-1-2-5(4-6)7(9)10;2*7-5-6-1-3-8-4-2-6/h2*1-4H,(H,9,10);2*1-4H,5,7H2. The third-order valence-corrected chi connectivity index (χ3v) is 5.54. The van der Waals surface area contributed by atoms with Crippen LogP contribution >= 0.6 is 45.2 Å². The van der Waals surface area contributed by atoms with Gasteiger partial charge in [-0.25, -0.2) is 0 Å². The van der Waals surface area contributed by atoms with Gasteiger partial charge in [-0.1, -0.05) is 24.3 Å². The van der Waals surface area contributed by atoms with E-state index in [4.69, 9.17) is 0 Å². The van der Waals surface area contributed by atoms with Crippen LogP contribution in [0.15, 0.2) is 97.6 Å². The Morgan fingerprint density at radius 3 is 1.17 bits per heavy atom. The van der Waals surface area contributed by atoms with Gasteiger partial charge in [0.2, 0.25) is 0 Å². The van der Waals surface area contributed by atoms with Crippen molar-refractivity contribution in [1.29, 1.82) is 0 Å². The molecule has 8 nitrogen and oxygen atoms in total. The van der Waals surface area contributed by atoms with Crippen molar-refractivity contribution in [2.75, 3.05) is 0 Å². The zero-order chi connectivity index (χ0) is 26.8.